The SMILES string of the molecule is CC(C)c1cnn2c(NC(C)c3ccccc3S(C)=O)nc(OC3CCCNC3)nc12. The number of hydrogen-bond donors (Lipinski definition) is 2. The van der Waals surface area contributed by atoms with E-state index in [4.69, 9.17) is 4.74 Å². The number of ether oxygens (including phenoxy) is 1. The summed E-state index contributed by atoms with van der Waals surface area (Å²) in [5, 5.41) is 11.3. The molecule has 1 aromatic carbocycles. The van der Waals surface area contributed by atoms with Crippen LogP contribution in [-0.2, 0) is 10.8 Å². The van der Waals surface area contributed by atoms with Gasteiger partial charge in [0.1, 0.15) is 6.10 Å². The molecule has 1 fully saturated rings. The molecule has 0 spiro atoms. The Kier molecular flexibility index (Phi) is 6.52. The molecule has 1 aliphatic heterocycles. The fourth-order valence-electron chi connectivity index (χ4n) is 3.87. The molecule has 2 aromatic heterocycles. The van der Waals surface area contributed by atoms with Crippen LogP contribution in [0.2, 0.25) is 0 Å². The van der Waals surface area contributed by atoms with Crippen LogP contribution in [0.5, 0.6) is 6.01 Å². The first-order valence-corrected chi connectivity index (χ1v) is 12.3. The van der Waals surface area contributed by atoms with Crippen molar-refractivity contribution in [2.24, 2.45) is 0 Å². The molecule has 1 saturated heterocycles. The molecule has 3 aromatic rings. The van der Waals surface area contributed by atoms with Crippen molar-refractivity contribution in [2.45, 2.75) is 56.6 Å². The van der Waals surface area contributed by atoms with Gasteiger partial charge >= 0.3 is 6.01 Å². The van der Waals surface area contributed by atoms with Crippen molar-refractivity contribution in [3.8, 4) is 6.01 Å². The monoisotopic (exact) mass is 442 g/mol. The maximum absolute atomic E-state index is 12.2. The Morgan fingerprint density at radius 3 is 2.74 bits per heavy atom. The van der Waals surface area contributed by atoms with Gasteiger partial charge < -0.3 is 15.4 Å². The third kappa shape index (κ3) is 4.72. The summed E-state index contributed by atoms with van der Waals surface area (Å²) in [6, 6.07) is 7.96. The number of hydrogen-bond acceptors (Lipinski definition) is 7. The highest BCUT2D eigenvalue weighted by Gasteiger charge is 2.21. The van der Waals surface area contributed by atoms with E-state index in [9.17, 15) is 4.21 Å². The second kappa shape index (κ2) is 9.32. The molecule has 3 atom stereocenters. The van der Waals surface area contributed by atoms with Gasteiger partial charge in [0.15, 0.2) is 5.65 Å². The lowest BCUT2D eigenvalue weighted by Gasteiger charge is -2.23. The van der Waals surface area contributed by atoms with Crippen LogP contribution < -0.4 is 15.4 Å². The molecule has 0 saturated carbocycles. The van der Waals surface area contributed by atoms with Gasteiger partial charge in [-0.25, -0.2) is 0 Å². The van der Waals surface area contributed by atoms with Crippen molar-refractivity contribution in [3.63, 3.8) is 0 Å². The van der Waals surface area contributed by atoms with Crippen molar-refractivity contribution < 1.29 is 8.95 Å². The first-order valence-electron chi connectivity index (χ1n) is 10.8. The molecule has 1 aliphatic rings. The maximum Gasteiger partial charge on any atom is 0.322 e. The number of nitrogens with zero attached hydrogens (tertiary/aromatic N) is 4. The van der Waals surface area contributed by atoms with Gasteiger partial charge in [-0.3, -0.25) is 4.21 Å². The van der Waals surface area contributed by atoms with E-state index in [1.807, 2.05) is 37.4 Å². The lowest BCUT2D eigenvalue weighted by molar-refractivity contribution is 0.153. The highest BCUT2D eigenvalue weighted by Crippen LogP contribution is 2.27. The Hall–Kier alpha value is -2.52. The molecule has 0 amide bonds. The highest BCUT2D eigenvalue weighted by molar-refractivity contribution is 7.84. The summed E-state index contributed by atoms with van der Waals surface area (Å²) >= 11 is 0. The summed E-state index contributed by atoms with van der Waals surface area (Å²) in [6.45, 7) is 8.07. The van der Waals surface area contributed by atoms with Crippen LogP contribution in [0.1, 0.15) is 56.7 Å². The van der Waals surface area contributed by atoms with E-state index in [0.29, 0.717) is 12.0 Å². The fraction of sp³-hybridized carbons (Fsp3) is 0.500. The van der Waals surface area contributed by atoms with Crippen LogP contribution in [0.4, 0.5) is 5.95 Å². The van der Waals surface area contributed by atoms with Gasteiger partial charge in [-0.05, 0) is 43.9 Å². The van der Waals surface area contributed by atoms with Gasteiger partial charge in [0.05, 0.1) is 23.0 Å². The number of aromatic nitrogens is 4. The molecule has 0 aliphatic carbocycles. The summed E-state index contributed by atoms with van der Waals surface area (Å²) in [5.41, 5.74) is 2.75. The van der Waals surface area contributed by atoms with Gasteiger partial charge in [-0.1, -0.05) is 32.0 Å². The molecule has 2 N–H and O–H groups in total. The van der Waals surface area contributed by atoms with Crippen LogP contribution in [0.15, 0.2) is 35.4 Å². The summed E-state index contributed by atoms with van der Waals surface area (Å²) < 4.78 is 20.1. The summed E-state index contributed by atoms with van der Waals surface area (Å²) in [7, 11) is -1.08. The van der Waals surface area contributed by atoms with Crippen molar-refractivity contribution in [2.75, 3.05) is 24.7 Å². The van der Waals surface area contributed by atoms with Crippen LogP contribution in [-0.4, -0.2) is 49.2 Å². The predicted molar refractivity (Wildman–Crippen MR) is 122 cm³/mol. The summed E-state index contributed by atoms with van der Waals surface area (Å²) in [6.07, 6.45) is 5.64. The Balaban J connectivity index is 1.71. The van der Waals surface area contributed by atoms with Gasteiger partial charge in [0.2, 0.25) is 5.95 Å². The fourth-order valence-corrected chi connectivity index (χ4v) is 4.72. The average Bonchev–Trinajstić information content (AvgIpc) is 3.19. The van der Waals surface area contributed by atoms with Crippen molar-refractivity contribution >= 4 is 22.4 Å². The quantitative estimate of drug-likeness (QED) is 0.580. The minimum Gasteiger partial charge on any atom is -0.459 e. The van der Waals surface area contributed by atoms with Crippen molar-refractivity contribution in [1.29, 1.82) is 0 Å². The van der Waals surface area contributed by atoms with Crippen LogP contribution in [0.25, 0.3) is 5.65 Å². The highest BCUT2D eigenvalue weighted by atomic mass is 32.2. The largest absolute Gasteiger partial charge is 0.459 e. The predicted octanol–water partition coefficient (Wildman–Crippen LogP) is 3.29. The van der Waals surface area contributed by atoms with Crippen LogP contribution in [0, 0.1) is 0 Å². The normalized spacial score (nSPS) is 18.8. The standard InChI is InChI=1S/C22H30N6O2S/c1-14(2)18-13-24-28-20(18)26-22(30-16-8-7-11-23-12-16)27-21(28)25-15(3)17-9-5-6-10-19(17)31(4)29/h5-6,9-10,13-16,23H,7-8,11-12H2,1-4H3,(H,25,26,27). The van der Waals surface area contributed by atoms with Gasteiger partial charge in [0, 0.05) is 23.3 Å². The topological polar surface area (TPSA) is 93.4 Å². The number of fused-ring (bicyclic) bond motifs is 1. The number of nitrogens with one attached hydrogen (secondary N) is 2. The number of benzene rings is 1. The van der Waals surface area contributed by atoms with Crippen LogP contribution >= 0.6 is 0 Å². The second-order valence-electron chi connectivity index (χ2n) is 8.26. The van der Waals surface area contributed by atoms with E-state index in [1.54, 1.807) is 10.8 Å². The maximum atomic E-state index is 12.2. The van der Waals surface area contributed by atoms with E-state index < -0.39 is 10.8 Å². The number of rotatable bonds is 7. The molecule has 166 valence electrons. The zero-order valence-electron chi connectivity index (χ0n) is 18.5. The first kappa shape index (κ1) is 21.7. The molecule has 0 bridgehead atoms. The Morgan fingerprint density at radius 1 is 1.23 bits per heavy atom. The van der Waals surface area contributed by atoms with Crippen LogP contribution in [0.3, 0.4) is 0 Å². The summed E-state index contributed by atoms with van der Waals surface area (Å²) in [4.78, 5) is 10.2. The zero-order valence-corrected chi connectivity index (χ0v) is 19.3. The molecule has 8 nitrogen and oxygen atoms in total. The van der Waals surface area contributed by atoms with Gasteiger partial charge in [-0.15, -0.1) is 0 Å². The smallest absolute Gasteiger partial charge is 0.322 e. The summed E-state index contributed by atoms with van der Waals surface area (Å²) in [5.74, 6) is 0.824. The van der Waals surface area contributed by atoms with E-state index in [-0.39, 0.29) is 18.1 Å². The average molecular weight is 443 g/mol. The Bertz CT molecular complexity index is 1080. The van der Waals surface area contributed by atoms with Crippen molar-refractivity contribution in [1.82, 2.24) is 24.9 Å². The minimum atomic E-state index is -1.08. The zero-order chi connectivity index (χ0) is 22.0. The molecule has 4 rings (SSSR count). The molecule has 31 heavy (non-hydrogen) atoms. The minimum absolute atomic E-state index is 0.0510. The van der Waals surface area contributed by atoms with E-state index >= 15 is 0 Å². The molecular formula is C22H30N6O2S. The lowest BCUT2D eigenvalue weighted by atomic mass is 10.1. The Labute approximate surface area is 185 Å². The molecule has 0 radical (unpaired) electrons. The third-order valence-electron chi connectivity index (χ3n) is 5.56. The van der Waals surface area contributed by atoms with E-state index in [2.05, 4.69) is 39.5 Å². The van der Waals surface area contributed by atoms with E-state index in [1.165, 1.54) is 0 Å². The lowest BCUT2D eigenvalue weighted by Crippen LogP contribution is -2.37. The molecule has 9 heteroatoms. The molecule has 3 unspecified atom stereocenters. The molecule has 3 heterocycles. The molecular weight excluding hydrogens is 412 g/mol. The van der Waals surface area contributed by atoms with Crippen molar-refractivity contribution in [3.05, 3.63) is 41.6 Å². The number of anilines is 1. The van der Waals surface area contributed by atoms with Gasteiger partial charge in [0.25, 0.3) is 0 Å². The van der Waals surface area contributed by atoms with E-state index in [0.717, 1.165) is 47.6 Å². The second-order valence-corrected chi connectivity index (χ2v) is 9.61. The first-order chi connectivity index (χ1) is 14.9. The third-order valence-corrected chi connectivity index (χ3v) is 6.55. The van der Waals surface area contributed by atoms with Gasteiger partial charge in [-0.2, -0.15) is 19.6 Å². The Morgan fingerprint density at radius 2 is 2.03 bits per heavy atom. The number of piperidine rings is 1.